The van der Waals surface area contributed by atoms with Gasteiger partial charge in [0.1, 0.15) is 0 Å². The van der Waals surface area contributed by atoms with Crippen LogP contribution in [-0.4, -0.2) is 35.1 Å². The highest BCUT2D eigenvalue weighted by Crippen LogP contribution is 2.46. The van der Waals surface area contributed by atoms with Gasteiger partial charge in [0.25, 0.3) is 0 Å². The van der Waals surface area contributed by atoms with Gasteiger partial charge in [-0.25, -0.2) is 0 Å². The molecular formula is C11H19NO2. The van der Waals surface area contributed by atoms with Crippen molar-refractivity contribution in [2.24, 2.45) is 11.3 Å². The van der Waals surface area contributed by atoms with Gasteiger partial charge in [0, 0.05) is 18.5 Å². The first kappa shape index (κ1) is 9.97. The number of amides is 1. The minimum absolute atomic E-state index is 0.0865. The van der Waals surface area contributed by atoms with Crippen LogP contribution in [0.25, 0.3) is 0 Å². The maximum Gasteiger partial charge on any atom is 0.228 e. The Labute approximate surface area is 85.1 Å². The summed E-state index contributed by atoms with van der Waals surface area (Å²) in [6, 6.07) is 0. The van der Waals surface area contributed by atoms with E-state index in [0.29, 0.717) is 12.5 Å². The summed E-state index contributed by atoms with van der Waals surface area (Å²) in [4.78, 5) is 13.8. The third-order valence-corrected chi connectivity index (χ3v) is 3.44. The molecule has 1 amide bonds. The van der Waals surface area contributed by atoms with Gasteiger partial charge in [-0.1, -0.05) is 13.8 Å². The van der Waals surface area contributed by atoms with Gasteiger partial charge in [-0.15, -0.1) is 0 Å². The van der Waals surface area contributed by atoms with Gasteiger partial charge in [0.2, 0.25) is 5.91 Å². The first-order chi connectivity index (χ1) is 6.51. The number of piperidine rings is 1. The minimum atomic E-state index is -0.315. The smallest absolute Gasteiger partial charge is 0.228 e. The SMILES string of the molecule is C[C@@H]1C[C@H](O)CN(C(=O)C2(C)CC2)C1. The first-order valence-corrected chi connectivity index (χ1v) is 5.49. The summed E-state index contributed by atoms with van der Waals surface area (Å²) in [6.07, 6.45) is 2.56. The Hall–Kier alpha value is -0.570. The monoisotopic (exact) mass is 197 g/mol. The standard InChI is InChI=1S/C11H19NO2/c1-8-5-9(13)7-12(6-8)10(14)11(2)3-4-11/h8-9,13H,3-7H2,1-2H3/t8-,9+/m1/s1. The van der Waals surface area contributed by atoms with Gasteiger partial charge < -0.3 is 10.0 Å². The predicted octanol–water partition coefficient (Wildman–Crippen LogP) is 1.02. The van der Waals surface area contributed by atoms with Crippen LogP contribution in [0.3, 0.4) is 0 Å². The van der Waals surface area contributed by atoms with Crippen molar-refractivity contribution in [3.8, 4) is 0 Å². The largest absolute Gasteiger partial charge is 0.391 e. The molecule has 3 nitrogen and oxygen atoms in total. The molecule has 0 unspecified atom stereocenters. The molecule has 1 N–H and O–H groups in total. The molecule has 14 heavy (non-hydrogen) atoms. The number of likely N-dealkylation sites (tertiary alicyclic amines) is 1. The van der Waals surface area contributed by atoms with Crippen molar-refractivity contribution in [1.82, 2.24) is 4.90 Å². The average molecular weight is 197 g/mol. The van der Waals surface area contributed by atoms with Gasteiger partial charge in [0.15, 0.2) is 0 Å². The van der Waals surface area contributed by atoms with Crippen molar-refractivity contribution < 1.29 is 9.90 Å². The third kappa shape index (κ3) is 1.78. The molecular weight excluding hydrogens is 178 g/mol. The van der Waals surface area contributed by atoms with Crippen molar-refractivity contribution in [2.75, 3.05) is 13.1 Å². The van der Waals surface area contributed by atoms with E-state index in [4.69, 9.17) is 0 Å². The molecule has 2 aliphatic rings. The summed E-state index contributed by atoms with van der Waals surface area (Å²) in [5.41, 5.74) is -0.0865. The fourth-order valence-electron chi connectivity index (χ4n) is 2.27. The molecule has 3 heteroatoms. The van der Waals surface area contributed by atoms with Crippen molar-refractivity contribution >= 4 is 5.91 Å². The van der Waals surface area contributed by atoms with E-state index in [-0.39, 0.29) is 17.4 Å². The number of hydrogen-bond donors (Lipinski definition) is 1. The maximum absolute atomic E-state index is 12.0. The molecule has 1 saturated carbocycles. The molecule has 0 aromatic rings. The van der Waals surface area contributed by atoms with Crippen LogP contribution < -0.4 is 0 Å². The van der Waals surface area contributed by atoms with Crippen LogP contribution in [0.15, 0.2) is 0 Å². The second kappa shape index (κ2) is 3.23. The van der Waals surface area contributed by atoms with Crippen molar-refractivity contribution in [3.05, 3.63) is 0 Å². The Bertz CT molecular complexity index is 238. The molecule has 1 saturated heterocycles. The van der Waals surface area contributed by atoms with Crippen LogP contribution in [0.1, 0.15) is 33.1 Å². The Morgan fingerprint density at radius 1 is 1.43 bits per heavy atom. The zero-order valence-electron chi connectivity index (χ0n) is 8.99. The molecule has 0 spiro atoms. The van der Waals surface area contributed by atoms with Crippen molar-refractivity contribution in [1.29, 1.82) is 0 Å². The number of β-amino-alcohol motifs (C(OH)–C–C–N with tert-alkyl or cyclic N) is 1. The molecule has 2 atom stereocenters. The predicted molar refractivity (Wildman–Crippen MR) is 53.7 cm³/mol. The average Bonchev–Trinajstić information content (AvgIpc) is 2.82. The van der Waals surface area contributed by atoms with E-state index in [1.165, 1.54) is 0 Å². The number of aliphatic hydroxyl groups is 1. The first-order valence-electron chi connectivity index (χ1n) is 5.49. The van der Waals surface area contributed by atoms with E-state index in [0.717, 1.165) is 25.8 Å². The van der Waals surface area contributed by atoms with E-state index >= 15 is 0 Å². The summed E-state index contributed by atoms with van der Waals surface area (Å²) >= 11 is 0. The highest BCUT2D eigenvalue weighted by Gasteiger charge is 2.48. The van der Waals surface area contributed by atoms with Crippen LogP contribution in [-0.2, 0) is 4.79 Å². The molecule has 1 aliphatic carbocycles. The van der Waals surface area contributed by atoms with Crippen LogP contribution in [0.4, 0.5) is 0 Å². The van der Waals surface area contributed by atoms with E-state index in [1.807, 2.05) is 11.8 Å². The molecule has 2 rings (SSSR count). The second-order valence-corrected chi connectivity index (χ2v) is 5.27. The van der Waals surface area contributed by atoms with E-state index in [9.17, 15) is 9.90 Å². The Morgan fingerprint density at radius 2 is 2.07 bits per heavy atom. The zero-order valence-corrected chi connectivity index (χ0v) is 8.99. The Balaban J connectivity index is 2.00. The van der Waals surface area contributed by atoms with E-state index in [1.54, 1.807) is 0 Å². The number of carbonyl (C=O) groups excluding carboxylic acids is 1. The molecule has 1 aliphatic heterocycles. The highest BCUT2D eigenvalue weighted by molar-refractivity contribution is 5.85. The fraction of sp³-hybridized carbons (Fsp3) is 0.909. The second-order valence-electron chi connectivity index (χ2n) is 5.27. The molecule has 2 fully saturated rings. The van der Waals surface area contributed by atoms with Gasteiger partial charge in [-0.2, -0.15) is 0 Å². The fourth-order valence-corrected chi connectivity index (χ4v) is 2.27. The maximum atomic E-state index is 12.0. The summed E-state index contributed by atoms with van der Waals surface area (Å²) < 4.78 is 0. The number of rotatable bonds is 1. The third-order valence-electron chi connectivity index (χ3n) is 3.44. The molecule has 0 radical (unpaired) electrons. The molecule has 0 aromatic heterocycles. The van der Waals surface area contributed by atoms with E-state index in [2.05, 4.69) is 6.92 Å². The van der Waals surface area contributed by atoms with Gasteiger partial charge in [-0.05, 0) is 25.2 Å². The lowest BCUT2D eigenvalue weighted by Gasteiger charge is -2.35. The number of hydrogen-bond acceptors (Lipinski definition) is 2. The lowest BCUT2D eigenvalue weighted by Crippen LogP contribution is -2.47. The van der Waals surface area contributed by atoms with Crippen LogP contribution in [0.5, 0.6) is 0 Å². The molecule has 0 aromatic carbocycles. The lowest BCUT2D eigenvalue weighted by molar-refractivity contribution is -0.140. The van der Waals surface area contributed by atoms with Crippen molar-refractivity contribution in [3.63, 3.8) is 0 Å². The molecule has 0 bridgehead atoms. The normalized spacial score (nSPS) is 35.5. The number of nitrogens with zero attached hydrogens (tertiary/aromatic N) is 1. The van der Waals surface area contributed by atoms with Gasteiger partial charge in [0.05, 0.1) is 6.10 Å². The van der Waals surface area contributed by atoms with Gasteiger partial charge in [-0.3, -0.25) is 4.79 Å². The summed E-state index contributed by atoms with van der Waals surface area (Å²) in [5.74, 6) is 0.688. The number of aliphatic hydroxyl groups excluding tert-OH is 1. The lowest BCUT2D eigenvalue weighted by atomic mass is 9.96. The van der Waals surface area contributed by atoms with Crippen molar-refractivity contribution in [2.45, 2.75) is 39.2 Å². The highest BCUT2D eigenvalue weighted by atomic mass is 16.3. The Kier molecular flexibility index (Phi) is 2.30. The van der Waals surface area contributed by atoms with Gasteiger partial charge >= 0.3 is 0 Å². The van der Waals surface area contributed by atoms with E-state index < -0.39 is 0 Å². The zero-order chi connectivity index (χ0) is 10.3. The molecule has 1 heterocycles. The van der Waals surface area contributed by atoms with Crippen LogP contribution in [0.2, 0.25) is 0 Å². The molecule has 80 valence electrons. The Morgan fingerprint density at radius 3 is 2.57 bits per heavy atom. The quantitative estimate of drug-likeness (QED) is 0.681. The van der Waals surface area contributed by atoms with Crippen LogP contribution in [0, 0.1) is 11.3 Å². The topological polar surface area (TPSA) is 40.5 Å². The summed E-state index contributed by atoms with van der Waals surface area (Å²) in [7, 11) is 0. The number of carbonyl (C=O) groups is 1. The van der Waals surface area contributed by atoms with Crippen LogP contribution >= 0.6 is 0 Å². The summed E-state index contributed by atoms with van der Waals surface area (Å²) in [5, 5.41) is 9.59. The summed E-state index contributed by atoms with van der Waals surface area (Å²) in [6.45, 7) is 5.49. The minimum Gasteiger partial charge on any atom is -0.391 e.